The van der Waals surface area contributed by atoms with Crippen LogP contribution in [0.4, 0.5) is 0 Å². The van der Waals surface area contributed by atoms with Gasteiger partial charge in [-0.25, -0.2) is 0 Å². The lowest BCUT2D eigenvalue weighted by atomic mass is 9.70. The Morgan fingerprint density at radius 1 is 0.684 bits per heavy atom. The Morgan fingerprint density at radius 2 is 1.00 bits per heavy atom. The van der Waals surface area contributed by atoms with Gasteiger partial charge in [-0.1, -0.05) is 70.0 Å². The number of benzene rings is 3. The number of carbonyl (C=O) groups excluding carboxylic acids is 2. The van der Waals surface area contributed by atoms with E-state index in [4.69, 9.17) is 0 Å². The first-order valence-electron chi connectivity index (χ1n) is 11.7. The van der Waals surface area contributed by atoms with Crippen LogP contribution in [0.15, 0.2) is 66.4 Å². The van der Waals surface area contributed by atoms with Gasteiger partial charge in [-0.05, 0) is 104 Å². The minimum absolute atomic E-state index is 0.0472. The van der Waals surface area contributed by atoms with E-state index >= 15 is 0 Å². The quantitative estimate of drug-likeness (QED) is 0.284. The molecule has 0 saturated heterocycles. The van der Waals surface area contributed by atoms with E-state index in [1.54, 1.807) is 62.4 Å². The molecule has 0 saturated carbocycles. The summed E-state index contributed by atoms with van der Waals surface area (Å²) in [5.74, 6) is -2.75. The van der Waals surface area contributed by atoms with Gasteiger partial charge in [0, 0.05) is 19.8 Å². The summed E-state index contributed by atoms with van der Waals surface area (Å²) in [6.07, 6.45) is 0.234. The van der Waals surface area contributed by atoms with E-state index in [0.29, 0.717) is 40.1 Å². The zero-order chi connectivity index (χ0) is 28.4. The SMILES string of the molecule is CCC(Cc1cc(Br)cc(Br)c1O)(C(=O)[O-])c1ccc(C(CC)(Cc2cc(Br)cc(Br)c2O)C(=O)[O-])cc1. The van der Waals surface area contributed by atoms with Gasteiger partial charge in [-0.15, -0.1) is 0 Å². The van der Waals surface area contributed by atoms with Crippen molar-refractivity contribution in [1.29, 1.82) is 0 Å². The monoisotopic (exact) mass is 772 g/mol. The van der Waals surface area contributed by atoms with E-state index in [1.807, 2.05) is 0 Å². The first-order chi connectivity index (χ1) is 17.8. The lowest BCUT2D eigenvalue weighted by Crippen LogP contribution is -2.48. The van der Waals surface area contributed by atoms with Crippen LogP contribution in [0.3, 0.4) is 0 Å². The Kier molecular flexibility index (Phi) is 9.77. The maximum Gasteiger partial charge on any atom is 0.133 e. The number of phenols is 2. The normalized spacial score (nSPS) is 14.5. The molecule has 2 unspecified atom stereocenters. The van der Waals surface area contributed by atoms with Gasteiger partial charge in [0.25, 0.3) is 0 Å². The third-order valence-corrected chi connectivity index (χ3v) is 9.30. The van der Waals surface area contributed by atoms with Crippen LogP contribution in [0.25, 0.3) is 0 Å². The summed E-state index contributed by atoms with van der Waals surface area (Å²) in [5, 5.41) is 46.3. The van der Waals surface area contributed by atoms with Crippen LogP contribution in [0.1, 0.15) is 48.9 Å². The number of aromatic hydroxyl groups is 2. The van der Waals surface area contributed by atoms with Crippen LogP contribution in [0, 0.1) is 0 Å². The van der Waals surface area contributed by atoms with Crippen LogP contribution < -0.4 is 10.2 Å². The molecule has 3 aromatic carbocycles. The zero-order valence-corrected chi connectivity index (χ0v) is 26.8. The molecule has 6 nitrogen and oxygen atoms in total. The molecule has 0 spiro atoms. The molecular formula is C28H24Br4O6-2. The van der Waals surface area contributed by atoms with Crippen molar-refractivity contribution in [2.45, 2.75) is 50.4 Å². The van der Waals surface area contributed by atoms with E-state index in [0.717, 1.165) is 0 Å². The van der Waals surface area contributed by atoms with Crippen LogP contribution in [0.5, 0.6) is 11.5 Å². The second-order valence-corrected chi connectivity index (χ2v) is 12.7. The lowest BCUT2D eigenvalue weighted by molar-refractivity contribution is -0.315. The van der Waals surface area contributed by atoms with Gasteiger partial charge in [-0.2, -0.15) is 0 Å². The molecule has 38 heavy (non-hydrogen) atoms. The molecule has 0 amide bonds. The molecule has 0 aromatic heterocycles. The molecule has 0 fully saturated rings. The van der Waals surface area contributed by atoms with Crippen molar-refractivity contribution >= 4 is 75.7 Å². The Labute approximate surface area is 254 Å². The number of carboxylic acid groups (broad SMARTS) is 2. The maximum absolute atomic E-state index is 12.6. The summed E-state index contributed by atoms with van der Waals surface area (Å²) in [7, 11) is 0. The molecule has 0 bridgehead atoms. The number of phenolic OH excluding ortho intramolecular Hbond substituents is 2. The van der Waals surface area contributed by atoms with Crippen molar-refractivity contribution < 1.29 is 30.0 Å². The van der Waals surface area contributed by atoms with Crippen molar-refractivity contribution in [2.75, 3.05) is 0 Å². The summed E-state index contributed by atoms with van der Waals surface area (Å²) < 4.78 is 2.18. The minimum Gasteiger partial charge on any atom is -0.549 e. The van der Waals surface area contributed by atoms with E-state index < -0.39 is 22.8 Å². The number of hydrogen-bond acceptors (Lipinski definition) is 6. The molecule has 0 radical (unpaired) electrons. The van der Waals surface area contributed by atoms with Gasteiger partial charge < -0.3 is 30.0 Å². The highest BCUT2D eigenvalue weighted by Gasteiger charge is 2.37. The summed E-state index contributed by atoms with van der Waals surface area (Å²) in [6, 6.07) is 13.0. The Bertz CT molecular complexity index is 1270. The second-order valence-electron chi connectivity index (χ2n) is 9.17. The summed E-state index contributed by atoms with van der Waals surface area (Å²) in [4.78, 5) is 25.1. The van der Waals surface area contributed by atoms with Crippen molar-refractivity contribution in [2.24, 2.45) is 0 Å². The Hall–Kier alpha value is -1.88. The van der Waals surface area contributed by atoms with Crippen LogP contribution in [-0.4, -0.2) is 22.2 Å². The third kappa shape index (κ3) is 5.83. The first-order valence-corrected chi connectivity index (χ1v) is 14.9. The predicted octanol–water partition coefficient (Wildman–Crippen LogP) is 5.43. The summed E-state index contributed by atoms with van der Waals surface area (Å²) in [5.41, 5.74) is -1.32. The van der Waals surface area contributed by atoms with Crippen molar-refractivity contribution in [1.82, 2.24) is 0 Å². The Morgan fingerprint density at radius 3 is 1.26 bits per heavy atom. The fourth-order valence-electron chi connectivity index (χ4n) is 4.80. The minimum atomic E-state index is -1.49. The molecule has 2 atom stereocenters. The van der Waals surface area contributed by atoms with Crippen LogP contribution in [0.2, 0.25) is 0 Å². The third-order valence-electron chi connectivity index (χ3n) is 7.18. The molecule has 2 N–H and O–H groups in total. The van der Waals surface area contributed by atoms with Crippen molar-refractivity contribution in [3.63, 3.8) is 0 Å². The zero-order valence-electron chi connectivity index (χ0n) is 20.5. The molecular weight excluding hydrogens is 752 g/mol. The van der Waals surface area contributed by atoms with Gasteiger partial charge in [0.2, 0.25) is 0 Å². The molecule has 3 rings (SSSR count). The molecule has 3 aromatic rings. The highest BCUT2D eigenvalue weighted by molar-refractivity contribution is 9.11. The van der Waals surface area contributed by atoms with Gasteiger partial charge in [0.05, 0.1) is 20.9 Å². The predicted molar refractivity (Wildman–Crippen MR) is 155 cm³/mol. The average Bonchev–Trinajstić information content (AvgIpc) is 2.86. The van der Waals surface area contributed by atoms with Gasteiger partial charge in [0.15, 0.2) is 0 Å². The average molecular weight is 776 g/mol. The highest BCUT2D eigenvalue weighted by Crippen LogP contribution is 2.42. The maximum atomic E-state index is 12.6. The molecule has 202 valence electrons. The number of hydrogen-bond donors (Lipinski definition) is 2. The number of rotatable bonds is 10. The second kappa shape index (κ2) is 12.1. The molecule has 0 heterocycles. The molecule has 0 aliphatic rings. The van der Waals surface area contributed by atoms with Crippen molar-refractivity contribution in [3.8, 4) is 11.5 Å². The number of halogens is 4. The number of aliphatic carboxylic acids is 2. The number of carbonyl (C=O) groups is 2. The van der Waals surface area contributed by atoms with E-state index in [1.165, 1.54) is 0 Å². The van der Waals surface area contributed by atoms with Gasteiger partial charge in [0.1, 0.15) is 11.5 Å². The van der Waals surface area contributed by atoms with Crippen LogP contribution in [-0.2, 0) is 33.3 Å². The van der Waals surface area contributed by atoms with Crippen LogP contribution >= 0.6 is 63.7 Å². The summed E-state index contributed by atoms with van der Waals surface area (Å²) in [6.45, 7) is 3.44. The number of carboxylic acids is 2. The molecule has 10 heteroatoms. The molecule has 0 aliphatic heterocycles. The molecule has 0 aliphatic carbocycles. The summed E-state index contributed by atoms with van der Waals surface area (Å²) >= 11 is 13.3. The topological polar surface area (TPSA) is 121 Å². The highest BCUT2D eigenvalue weighted by atomic mass is 79.9. The van der Waals surface area contributed by atoms with Crippen molar-refractivity contribution in [3.05, 3.63) is 88.7 Å². The van der Waals surface area contributed by atoms with Gasteiger partial charge >= 0.3 is 0 Å². The van der Waals surface area contributed by atoms with E-state index in [2.05, 4.69) is 63.7 Å². The lowest BCUT2D eigenvalue weighted by Gasteiger charge is -2.37. The van der Waals surface area contributed by atoms with E-state index in [-0.39, 0.29) is 37.2 Å². The Balaban J connectivity index is 2.11. The standard InChI is InChI=1S/C28H26Br4O6/c1-3-27(25(35)36,13-15-9-19(29)11-21(31)23(15)33)17-5-7-18(8-6-17)28(4-2,26(37)38)14-16-10-20(30)12-22(32)24(16)34/h5-12,33-34H,3-4,13-14H2,1-2H3,(H,35,36)(H,37,38)/p-2. The fourth-order valence-corrected chi connectivity index (χ4v) is 7.43. The van der Waals surface area contributed by atoms with E-state index in [9.17, 15) is 30.0 Å². The smallest absolute Gasteiger partial charge is 0.133 e. The van der Waals surface area contributed by atoms with Gasteiger partial charge in [-0.3, -0.25) is 0 Å². The largest absolute Gasteiger partial charge is 0.549 e. The fraction of sp³-hybridized carbons (Fsp3) is 0.286. The first kappa shape index (κ1) is 30.7.